The van der Waals surface area contributed by atoms with E-state index in [4.69, 9.17) is 26.8 Å². The van der Waals surface area contributed by atoms with E-state index in [1.807, 2.05) is 0 Å². The number of morpholine rings is 1. The summed E-state index contributed by atoms with van der Waals surface area (Å²) in [5, 5.41) is 0.291. The fourth-order valence-corrected chi connectivity index (χ4v) is 1.77. The molecule has 0 radical (unpaired) electrons. The van der Waals surface area contributed by atoms with Crippen LogP contribution in [0.1, 0.15) is 0 Å². The Labute approximate surface area is 105 Å². The molecule has 2 heterocycles. The van der Waals surface area contributed by atoms with Crippen LogP contribution in [-0.2, 0) is 4.74 Å². The minimum atomic E-state index is 0.124. The van der Waals surface area contributed by atoms with Gasteiger partial charge >= 0.3 is 0 Å². The lowest BCUT2D eigenvalue weighted by Gasteiger charge is -2.26. The zero-order valence-corrected chi connectivity index (χ0v) is 10.2. The fourth-order valence-electron chi connectivity index (χ4n) is 1.59. The van der Waals surface area contributed by atoms with Gasteiger partial charge in [0.15, 0.2) is 0 Å². The SMILES string of the molecule is Nc1nc(Cl)cc(OCCN2CCOCC2)n1. The van der Waals surface area contributed by atoms with Gasteiger partial charge in [-0.1, -0.05) is 11.6 Å². The summed E-state index contributed by atoms with van der Waals surface area (Å²) >= 11 is 5.74. The lowest BCUT2D eigenvalue weighted by molar-refractivity contribution is 0.0320. The number of halogens is 1. The highest BCUT2D eigenvalue weighted by Gasteiger charge is 2.10. The van der Waals surface area contributed by atoms with Crippen LogP contribution in [-0.4, -0.2) is 54.3 Å². The van der Waals surface area contributed by atoms with Crippen molar-refractivity contribution in [1.82, 2.24) is 14.9 Å². The third kappa shape index (κ3) is 3.99. The first-order valence-corrected chi connectivity index (χ1v) is 5.85. The summed E-state index contributed by atoms with van der Waals surface area (Å²) in [6.45, 7) is 4.84. The summed E-state index contributed by atoms with van der Waals surface area (Å²) in [6.07, 6.45) is 0. The molecule has 1 aliphatic rings. The molecule has 0 aliphatic carbocycles. The van der Waals surface area contributed by atoms with Crippen LogP contribution in [0.15, 0.2) is 6.07 Å². The van der Waals surface area contributed by atoms with E-state index in [2.05, 4.69) is 14.9 Å². The molecule has 17 heavy (non-hydrogen) atoms. The number of hydrogen-bond donors (Lipinski definition) is 1. The number of nitrogens with zero attached hydrogens (tertiary/aromatic N) is 3. The van der Waals surface area contributed by atoms with Crippen molar-refractivity contribution in [2.24, 2.45) is 0 Å². The molecule has 0 amide bonds. The Hall–Kier alpha value is -1.11. The molecule has 0 atom stereocenters. The zero-order valence-electron chi connectivity index (χ0n) is 9.43. The van der Waals surface area contributed by atoms with Gasteiger partial charge in [0, 0.05) is 25.7 Å². The quantitative estimate of drug-likeness (QED) is 0.790. The Morgan fingerprint density at radius 2 is 2.18 bits per heavy atom. The van der Waals surface area contributed by atoms with E-state index < -0.39 is 0 Å². The van der Waals surface area contributed by atoms with E-state index in [1.54, 1.807) is 6.07 Å². The molecule has 0 saturated carbocycles. The Balaban J connectivity index is 1.77. The normalized spacial score (nSPS) is 17.0. The third-order valence-corrected chi connectivity index (χ3v) is 2.64. The van der Waals surface area contributed by atoms with Crippen molar-refractivity contribution in [1.29, 1.82) is 0 Å². The Bertz CT molecular complexity index is 351. The fraction of sp³-hybridized carbons (Fsp3) is 0.600. The predicted molar refractivity (Wildman–Crippen MR) is 64.2 cm³/mol. The summed E-state index contributed by atoms with van der Waals surface area (Å²) in [6, 6.07) is 1.55. The van der Waals surface area contributed by atoms with Crippen molar-refractivity contribution in [3.05, 3.63) is 11.2 Å². The van der Waals surface area contributed by atoms with Gasteiger partial charge in [-0.15, -0.1) is 0 Å². The molecule has 1 saturated heterocycles. The third-order valence-electron chi connectivity index (χ3n) is 2.45. The van der Waals surface area contributed by atoms with Crippen LogP contribution in [0.2, 0.25) is 5.15 Å². The van der Waals surface area contributed by atoms with Gasteiger partial charge in [-0.3, -0.25) is 4.90 Å². The van der Waals surface area contributed by atoms with Crippen molar-refractivity contribution in [2.75, 3.05) is 45.2 Å². The molecule has 94 valence electrons. The molecular weight excluding hydrogens is 244 g/mol. The Morgan fingerprint density at radius 1 is 1.41 bits per heavy atom. The van der Waals surface area contributed by atoms with Gasteiger partial charge in [0.2, 0.25) is 11.8 Å². The van der Waals surface area contributed by atoms with E-state index in [0.29, 0.717) is 17.6 Å². The van der Waals surface area contributed by atoms with Crippen molar-refractivity contribution in [2.45, 2.75) is 0 Å². The summed E-state index contributed by atoms with van der Waals surface area (Å²) in [5.41, 5.74) is 5.46. The second kappa shape index (κ2) is 6.00. The highest BCUT2D eigenvalue weighted by molar-refractivity contribution is 6.29. The van der Waals surface area contributed by atoms with Gasteiger partial charge in [-0.2, -0.15) is 4.98 Å². The van der Waals surface area contributed by atoms with Crippen LogP contribution >= 0.6 is 11.6 Å². The number of anilines is 1. The van der Waals surface area contributed by atoms with Crippen LogP contribution in [0.4, 0.5) is 5.95 Å². The standard InChI is InChI=1S/C10H15ClN4O2/c11-8-7-9(14-10(12)13-8)17-6-3-15-1-4-16-5-2-15/h7H,1-6H2,(H2,12,13,14). The molecule has 1 aromatic rings. The second-order valence-corrected chi connectivity index (χ2v) is 4.08. The van der Waals surface area contributed by atoms with Gasteiger partial charge < -0.3 is 15.2 Å². The summed E-state index contributed by atoms with van der Waals surface area (Å²) in [7, 11) is 0. The first kappa shape index (κ1) is 12.3. The van der Waals surface area contributed by atoms with Gasteiger partial charge in [-0.25, -0.2) is 4.98 Å². The number of aromatic nitrogens is 2. The maximum atomic E-state index is 5.74. The minimum Gasteiger partial charge on any atom is -0.476 e. The minimum absolute atomic E-state index is 0.124. The van der Waals surface area contributed by atoms with Crippen molar-refractivity contribution in [3.8, 4) is 5.88 Å². The molecule has 0 unspecified atom stereocenters. The summed E-state index contributed by atoms with van der Waals surface area (Å²) in [5.74, 6) is 0.537. The molecule has 1 aliphatic heterocycles. The van der Waals surface area contributed by atoms with Crippen LogP contribution in [0.5, 0.6) is 5.88 Å². The van der Waals surface area contributed by atoms with Gasteiger partial charge in [0.25, 0.3) is 0 Å². The lowest BCUT2D eigenvalue weighted by atomic mass is 10.4. The van der Waals surface area contributed by atoms with Crippen LogP contribution in [0.3, 0.4) is 0 Å². The maximum Gasteiger partial charge on any atom is 0.224 e. The predicted octanol–water partition coefficient (Wildman–Crippen LogP) is 0.423. The highest BCUT2D eigenvalue weighted by Crippen LogP contribution is 2.14. The number of ether oxygens (including phenoxy) is 2. The van der Waals surface area contributed by atoms with Crippen molar-refractivity contribution in [3.63, 3.8) is 0 Å². The molecule has 7 heteroatoms. The van der Waals surface area contributed by atoms with Crippen LogP contribution in [0, 0.1) is 0 Å². The molecule has 0 aromatic carbocycles. The number of hydrogen-bond acceptors (Lipinski definition) is 6. The smallest absolute Gasteiger partial charge is 0.224 e. The lowest BCUT2D eigenvalue weighted by Crippen LogP contribution is -2.38. The first-order valence-electron chi connectivity index (χ1n) is 5.47. The van der Waals surface area contributed by atoms with E-state index in [9.17, 15) is 0 Å². The van der Waals surface area contributed by atoms with E-state index in [0.717, 1.165) is 32.8 Å². The van der Waals surface area contributed by atoms with E-state index >= 15 is 0 Å². The number of rotatable bonds is 4. The van der Waals surface area contributed by atoms with Crippen molar-refractivity contribution < 1.29 is 9.47 Å². The number of nitrogens with two attached hydrogens (primary N) is 1. The van der Waals surface area contributed by atoms with Crippen LogP contribution < -0.4 is 10.5 Å². The van der Waals surface area contributed by atoms with Crippen molar-refractivity contribution >= 4 is 17.5 Å². The van der Waals surface area contributed by atoms with Crippen LogP contribution in [0.25, 0.3) is 0 Å². The van der Waals surface area contributed by atoms with Gasteiger partial charge in [0.1, 0.15) is 11.8 Å². The molecular formula is C10H15ClN4O2. The number of nitrogen functional groups attached to an aromatic ring is 1. The second-order valence-electron chi connectivity index (χ2n) is 3.69. The highest BCUT2D eigenvalue weighted by atomic mass is 35.5. The molecule has 2 N–H and O–H groups in total. The maximum absolute atomic E-state index is 5.74. The molecule has 0 spiro atoms. The average molecular weight is 259 g/mol. The van der Waals surface area contributed by atoms with E-state index in [1.165, 1.54) is 0 Å². The largest absolute Gasteiger partial charge is 0.476 e. The Kier molecular flexibility index (Phi) is 4.36. The molecule has 1 fully saturated rings. The summed E-state index contributed by atoms with van der Waals surface area (Å²) in [4.78, 5) is 9.96. The van der Waals surface area contributed by atoms with E-state index in [-0.39, 0.29) is 5.95 Å². The average Bonchev–Trinajstić information content (AvgIpc) is 2.29. The molecule has 6 nitrogen and oxygen atoms in total. The van der Waals surface area contributed by atoms with Gasteiger partial charge in [0.05, 0.1) is 13.2 Å². The van der Waals surface area contributed by atoms with Gasteiger partial charge in [-0.05, 0) is 0 Å². The molecule has 2 rings (SSSR count). The summed E-state index contributed by atoms with van der Waals surface area (Å²) < 4.78 is 10.7. The monoisotopic (exact) mass is 258 g/mol. The zero-order chi connectivity index (χ0) is 12.1. The Morgan fingerprint density at radius 3 is 2.88 bits per heavy atom. The molecule has 0 bridgehead atoms. The topological polar surface area (TPSA) is 73.5 Å². The molecule has 1 aromatic heterocycles. The first-order chi connectivity index (χ1) is 8.24.